The van der Waals surface area contributed by atoms with Crippen LogP contribution in [0.25, 0.3) is 0 Å². The molecule has 2 amide bonds. The van der Waals surface area contributed by atoms with Crippen molar-refractivity contribution in [1.29, 1.82) is 0 Å². The second-order valence-corrected chi connectivity index (χ2v) is 7.22. The Balaban J connectivity index is 1.47. The first-order chi connectivity index (χ1) is 11.7. The van der Waals surface area contributed by atoms with E-state index in [1.807, 2.05) is 6.92 Å². The van der Waals surface area contributed by atoms with Crippen molar-refractivity contribution in [1.82, 2.24) is 10.3 Å². The van der Waals surface area contributed by atoms with Crippen molar-refractivity contribution in [2.75, 3.05) is 18.5 Å². The van der Waals surface area contributed by atoms with Gasteiger partial charge < -0.3 is 15.4 Å². The third-order valence-electron chi connectivity index (χ3n) is 5.36. The lowest BCUT2D eigenvalue weighted by Gasteiger charge is -2.27. The number of urea groups is 1. The van der Waals surface area contributed by atoms with Crippen LogP contribution < -0.4 is 10.6 Å². The molecule has 3 unspecified atom stereocenters. The summed E-state index contributed by atoms with van der Waals surface area (Å²) in [5.41, 5.74) is 2.95. The number of fused-ring (bicyclic) bond motifs is 2. The Kier molecular flexibility index (Phi) is 5.72. The molecule has 0 spiro atoms. The van der Waals surface area contributed by atoms with Crippen LogP contribution in [0.3, 0.4) is 0 Å². The van der Waals surface area contributed by atoms with Gasteiger partial charge in [0.15, 0.2) is 0 Å². The number of carbonyl (C=O) groups is 1. The Morgan fingerprint density at radius 1 is 1.42 bits per heavy atom. The van der Waals surface area contributed by atoms with Gasteiger partial charge >= 0.3 is 6.03 Å². The largest absolute Gasteiger partial charge is 0.378 e. The standard InChI is InChI=1S/C19H29N3O2/c1-3-4-5-16-8-13(2)18(11-20-16)22-19(23)21-10-14-6-7-17-9-15(14)12-24-17/h8,11,14-15,17H,3-7,9-10,12H2,1-2H3,(H2,21,22,23). The Bertz CT molecular complexity index is 576. The zero-order valence-electron chi connectivity index (χ0n) is 14.8. The van der Waals surface area contributed by atoms with Crippen LogP contribution in [0, 0.1) is 18.8 Å². The van der Waals surface area contributed by atoms with Crippen molar-refractivity contribution in [3.8, 4) is 0 Å². The molecule has 2 fully saturated rings. The predicted molar refractivity (Wildman–Crippen MR) is 95.2 cm³/mol. The Morgan fingerprint density at radius 3 is 3.08 bits per heavy atom. The molecule has 5 nitrogen and oxygen atoms in total. The van der Waals surface area contributed by atoms with E-state index < -0.39 is 0 Å². The van der Waals surface area contributed by atoms with E-state index in [1.165, 1.54) is 0 Å². The summed E-state index contributed by atoms with van der Waals surface area (Å²) in [6.45, 7) is 5.79. The maximum atomic E-state index is 12.2. The first kappa shape index (κ1) is 17.2. The van der Waals surface area contributed by atoms with Crippen LogP contribution in [0.4, 0.5) is 10.5 Å². The number of pyridine rings is 1. The van der Waals surface area contributed by atoms with E-state index in [0.29, 0.717) is 17.9 Å². The summed E-state index contributed by atoms with van der Waals surface area (Å²) in [6, 6.07) is 1.94. The van der Waals surface area contributed by atoms with Gasteiger partial charge in [0.25, 0.3) is 0 Å². The monoisotopic (exact) mass is 331 g/mol. The lowest BCUT2D eigenvalue weighted by molar-refractivity contribution is 0.107. The van der Waals surface area contributed by atoms with Crippen molar-refractivity contribution in [2.24, 2.45) is 11.8 Å². The van der Waals surface area contributed by atoms with E-state index in [-0.39, 0.29) is 6.03 Å². The second kappa shape index (κ2) is 7.97. The van der Waals surface area contributed by atoms with Crippen LogP contribution in [-0.2, 0) is 11.2 Å². The molecule has 1 aliphatic carbocycles. The smallest absolute Gasteiger partial charge is 0.319 e. The number of carbonyl (C=O) groups excluding carboxylic acids is 1. The van der Waals surface area contributed by atoms with Gasteiger partial charge in [-0.25, -0.2) is 4.79 Å². The van der Waals surface area contributed by atoms with Crippen LogP contribution in [0.2, 0.25) is 0 Å². The van der Waals surface area contributed by atoms with Crippen molar-refractivity contribution < 1.29 is 9.53 Å². The van der Waals surface area contributed by atoms with Crippen LogP contribution >= 0.6 is 0 Å². The molecule has 1 saturated heterocycles. The number of unbranched alkanes of at least 4 members (excludes halogenated alkanes) is 1. The minimum atomic E-state index is -0.137. The van der Waals surface area contributed by atoms with E-state index in [0.717, 1.165) is 68.6 Å². The normalized spacial score (nSPS) is 25.5. The molecule has 2 bridgehead atoms. The van der Waals surface area contributed by atoms with Gasteiger partial charge in [-0.15, -0.1) is 0 Å². The van der Waals surface area contributed by atoms with Crippen LogP contribution in [-0.4, -0.2) is 30.3 Å². The summed E-state index contributed by atoms with van der Waals surface area (Å²) in [6.07, 6.45) is 9.00. The number of amides is 2. The number of hydrogen-bond donors (Lipinski definition) is 2. The Hall–Kier alpha value is -1.62. The maximum absolute atomic E-state index is 12.2. The van der Waals surface area contributed by atoms with Gasteiger partial charge in [0.05, 0.1) is 24.6 Å². The van der Waals surface area contributed by atoms with Gasteiger partial charge in [0, 0.05) is 12.2 Å². The first-order valence-electron chi connectivity index (χ1n) is 9.27. The Labute approximate surface area is 144 Å². The zero-order valence-corrected chi connectivity index (χ0v) is 14.8. The van der Waals surface area contributed by atoms with Crippen molar-refractivity contribution in [3.05, 3.63) is 23.5 Å². The number of aromatic nitrogens is 1. The lowest BCUT2D eigenvalue weighted by Crippen LogP contribution is -2.37. The highest BCUT2D eigenvalue weighted by atomic mass is 16.5. The molecule has 2 N–H and O–H groups in total. The average Bonchev–Trinajstić information content (AvgIpc) is 2.96. The molecular formula is C19H29N3O2. The maximum Gasteiger partial charge on any atom is 0.319 e. The summed E-state index contributed by atoms with van der Waals surface area (Å²) in [7, 11) is 0. The van der Waals surface area contributed by atoms with E-state index >= 15 is 0 Å². The number of nitrogens with one attached hydrogen (secondary N) is 2. The van der Waals surface area contributed by atoms with Crippen LogP contribution in [0.5, 0.6) is 0 Å². The van der Waals surface area contributed by atoms with E-state index in [1.54, 1.807) is 6.20 Å². The molecule has 2 heterocycles. The molecule has 5 heteroatoms. The quantitative estimate of drug-likeness (QED) is 0.836. The van der Waals surface area contributed by atoms with Gasteiger partial charge in [-0.05, 0) is 62.5 Å². The fraction of sp³-hybridized carbons (Fsp3) is 0.684. The van der Waals surface area contributed by atoms with E-state index in [2.05, 4.69) is 28.6 Å². The molecule has 0 radical (unpaired) electrons. The summed E-state index contributed by atoms with van der Waals surface area (Å²) in [4.78, 5) is 16.6. The Morgan fingerprint density at radius 2 is 2.29 bits per heavy atom. The lowest BCUT2D eigenvalue weighted by atomic mass is 9.80. The molecule has 1 aromatic heterocycles. The highest BCUT2D eigenvalue weighted by Crippen LogP contribution is 2.37. The molecule has 1 aromatic rings. The molecule has 24 heavy (non-hydrogen) atoms. The van der Waals surface area contributed by atoms with Crippen molar-refractivity contribution in [2.45, 2.75) is 58.5 Å². The highest BCUT2D eigenvalue weighted by molar-refractivity contribution is 5.89. The molecule has 1 aliphatic heterocycles. The second-order valence-electron chi connectivity index (χ2n) is 7.22. The number of anilines is 1. The van der Waals surface area contributed by atoms with E-state index in [9.17, 15) is 4.79 Å². The number of hydrogen-bond acceptors (Lipinski definition) is 3. The molecule has 1 saturated carbocycles. The van der Waals surface area contributed by atoms with Crippen LogP contribution in [0.15, 0.2) is 12.3 Å². The number of nitrogens with zero attached hydrogens (tertiary/aromatic N) is 1. The SMILES string of the molecule is CCCCc1cc(C)c(NC(=O)NCC2CCC3CC2CO3)cn1. The van der Waals surface area contributed by atoms with Crippen molar-refractivity contribution in [3.63, 3.8) is 0 Å². The molecule has 3 rings (SSSR count). The van der Waals surface area contributed by atoms with Gasteiger partial charge in [-0.3, -0.25) is 4.98 Å². The minimum Gasteiger partial charge on any atom is -0.378 e. The molecule has 2 aliphatic rings. The topological polar surface area (TPSA) is 63.2 Å². The number of rotatable bonds is 6. The molecular weight excluding hydrogens is 302 g/mol. The van der Waals surface area contributed by atoms with Crippen molar-refractivity contribution >= 4 is 11.7 Å². The van der Waals surface area contributed by atoms with Crippen LogP contribution in [0.1, 0.15) is 50.3 Å². The first-order valence-corrected chi connectivity index (χ1v) is 9.27. The minimum absolute atomic E-state index is 0.137. The highest BCUT2D eigenvalue weighted by Gasteiger charge is 2.36. The van der Waals surface area contributed by atoms with Gasteiger partial charge in [-0.2, -0.15) is 0 Å². The fourth-order valence-electron chi connectivity index (χ4n) is 3.80. The summed E-state index contributed by atoms with van der Waals surface area (Å²) >= 11 is 0. The summed E-state index contributed by atoms with van der Waals surface area (Å²) < 4.78 is 5.73. The molecule has 3 atom stereocenters. The summed E-state index contributed by atoms with van der Waals surface area (Å²) in [5.74, 6) is 1.16. The fourth-order valence-corrected chi connectivity index (χ4v) is 3.80. The predicted octanol–water partition coefficient (Wildman–Crippen LogP) is 3.67. The van der Waals surface area contributed by atoms with Gasteiger partial charge in [0.2, 0.25) is 0 Å². The average molecular weight is 331 g/mol. The summed E-state index contributed by atoms with van der Waals surface area (Å²) in [5, 5.41) is 5.96. The molecule has 0 aromatic carbocycles. The van der Waals surface area contributed by atoms with E-state index in [4.69, 9.17) is 4.74 Å². The third-order valence-corrected chi connectivity index (χ3v) is 5.36. The number of aryl methyl sites for hydroxylation is 2. The number of ether oxygens (including phenoxy) is 1. The van der Waals surface area contributed by atoms with Gasteiger partial charge in [-0.1, -0.05) is 13.3 Å². The molecule has 132 valence electrons. The zero-order chi connectivity index (χ0) is 16.9. The third kappa shape index (κ3) is 4.26. The van der Waals surface area contributed by atoms with Gasteiger partial charge in [0.1, 0.15) is 0 Å².